The second-order valence-electron chi connectivity index (χ2n) is 5.42. The van der Waals surface area contributed by atoms with Crippen molar-refractivity contribution < 1.29 is 9.84 Å². The molecule has 1 saturated carbocycles. The van der Waals surface area contributed by atoms with E-state index in [9.17, 15) is 5.11 Å². The molecule has 1 aliphatic rings. The van der Waals surface area contributed by atoms with Crippen LogP contribution in [0.1, 0.15) is 31.7 Å². The average Bonchev–Trinajstić information content (AvgIpc) is 2.77. The van der Waals surface area contributed by atoms with E-state index < -0.39 is 0 Å². The summed E-state index contributed by atoms with van der Waals surface area (Å²) in [5.74, 6) is 2.47. The van der Waals surface area contributed by atoms with E-state index in [0.717, 1.165) is 30.5 Å². The Bertz CT molecular complexity index is 392. The Morgan fingerprint density at radius 2 is 2.22 bits per heavy atom. The fourth-order valence-corrected chi connectivity index (χ4v) is 2.76. The number of phenolic OH excluding ortho intramolecular Hbond substituents is 1. The maximum atomic E-state index is 9.52. The van der Waals surface area contributed by atoms with Gasteiger partial charge >= 0.3 is 0 Å². The van der Waals surface area contributed by atoms with Crippen molar-refractivity contribution in [3.63, 3.8) is 0 Å². The lowest BCUT2D eigenvalue weighted by molar-refractivity contribution is 0.372. The van der Waals surface area contributed by atoms with Crippen LogP contribution in [0.15, 0.2) is 18.2 Å². The molecule has 2 unspecified atom stereocenters. The van der Waals surface area contributed by atoms with Gasteiger partial charge in [-0.15, -0.1) is 0 Å². The number of rotatable bonds is 5. The molecule has 2 rings (SSSR count). The van der Waals surface area contributed by atoms with E-state index in [-0.39, 0.29) is 5.75 Å². The number of phenols is 1. The lowest BCUT2D eigenvalue weighted by Gasteiger charge is -2.12. The summed E-state index contributed by atoms with van der Waals surface area (Å²) in [6, 6.07) is 5.51. The van der Waals surface area contributed by atoms with Gasteiger partial charge in [-0.3, -0.25) is 0 Å². The molecule has 0 bridgehead atoms. The highest BCUT2D eigenvalue weighted by molar-refractivity contribution is 5.41. The Hall–Kier alpha value is -1.22. The van der Waals surface area contributed by atoms with Crippen molar-refractivity contribution in [3.8, 4) is 11.5 Å². The molecule has 0 heterocycles. The van der Waals surface area contributed by atoms with Gasteiger partial charge in [-0.25, -0.2) is 0 Å². The first-order valence-corrected chi connectivity index (χ1v) is 6.75. The first-order chi connectivity index (χ1) is 8.69. The molecule has 1 fully saturated rings. The largest absolute Gasteiger partial charge is 0.504 e. The first kappa shape index (κ1) is 13.2. The van der Waals surface area contributed by atoms with Crippen LogP contribution in [0.25, 0.3) is 0 Å². The maximum Gasteiger partial charge on any atom is 0.160 e. The van der Waals surface area contributed by atoms with Crippen LogP contribution in [0.3, 0.4) is 0 Å². The van der Waals surface area contributed by atoms with E-state index in [4.69, 9.17) is 4.74 Å². The van der Waals surface area contributed by atoms with Crippen LogP contribution in [0.5, 0.6) is 11.5 Å². The lowest BCUT2D eigenvalue weighted by atomic mass is 10.1. The lowest BCUT2D eigenvalue weighted by Crippen LogP contribution is -2.20. The van der Waals surface area contributed by atoms with Crippen molar-refractivity contribution in [2.75, 3.05) is 13.7 Å². The van der Waals surface area contributed by atoms with Crippen molar-refractivity contribution in [3.05, 3.63) is 23.8 Å². The molecule has 0 aromatic heterocycles. The van der Waals surface area contributed by atoms with Crippen LogP contribution in [0, 0.1) is 11.8 Å². The van der Waals surface area contributed by atoms with Gasteiger partial charge in [0.25, 0.3) is 0 Å². The van der Waals surface area contributed by atoms with Gasteiger partial charge in [-0.1, -0.05) is 19.4 Å². The van der Waals surface area contributed by atoms with Gasteiger partial charge < -0.3 is 15.2 Å². The minimum atomic E-state index is 0.200. The van der Waals surface area contributed by atoms with Crippen LogP contribution in [-0.4, -0.2) is 18.8 Å². The fourth-order valence-electron chi connectivity index (χ4n) is 2.76. The zero-order chi connectivity index (χ0) is 13.0. The number of ether oxygens (including phenoxy) is 1. The zero-order valence-electron chi connectivity index (χ0n) is 11.3. The summed E-state index contributed by atoms with van der Waals surface area (Å²) >= 11 is 0. The van der Waals surface area contributed by atoms with Gasteiger partial charge in [0.15, 0.2) is 11.5 Å². The van der Waals surface area contributed by atoms with Crippen LogP contribution in [-0.2, 0) is 6.54 Å². The van der Waals surface area contributed by atoms with Gasteiger partial charge in [0, 0.05) is 6.54 Å². The van der Waals surface area contributed by atoms with Gasteiger partial charge in [-0.2, -0.15) is 0 Å². The van der Waals surface area contributed by atoms with Gasteiger partial charge in [0.2, 0.25) is 0 Å². The molecule has 1 aliphatic carbocycles. The number of hydrogen-bond acceptors (Lipinski definition) is 3. The molecule has 0 saturated heterocycles. The predicted molar refractivity (Wildman–Crippen MR) is 72.9 cm³/mol. The molecule has 1 aromatic rings. The third-order valence-corrected chi connectivity index (χ3v) is 3.81. The molecular weight excluding hydrogens is 226 g/mol. The number of aromatic hydroxyl groups is 1. The molecular formula is C15H23NO2. The third kappa shape index (κ3) is 3.39. The van der Waals surface area contributed by atoms with E-state index in [1.54, 1.807) is 13.2 Å². The molecule has 2 N–H and O–H groups in total. The topological polar surface area (TPSA) is 41.5 Å². The van der Waals surface area contributed by atoms with E-state index in [1.165, 1.54) is 19.3 Å². The summed E-state index contributed by atoms with van der Waals surface area (Å²) < 4.78 is 5.10. The maximum absolute atomic E-state index is 9.52. The summed E-state index contributed by atoms with van der Waals surface area (Å²) in [6.45, 7) is 4.26. The zero-order valence-corrected chi connectivity index (χ0v) is 11.3. The van der Waals surface area contributed by atoms with E-state index in [2.05, 4.69) is 12.2 Å². The highest BCUT2D eigenvalue weighted by Crippen LogP contribution is 2.30. The van der Waals surface area contributed by atoms with Crippen LogP contribution < -0.4 is 10.1 Å². The highest BCUT2D eigenvalue weighted by atomic mass is 16.5. The minimum Gasteiger partial charge on any atom is -0.504 e. The van der Waals surface area contributed by atoms with E-state index >= 15 is 0 Å². The Morgan fingerprint density at radius 3 is 2.89 bits per heavy atom. The van der Waals surface area contributed by atoms with Crippen molar-refractivity contribution >= 4 is 0 Å². The Morgan fingerprint density at radius 1 is 1.39 bits per heavy atom. The molecule has 0 spiro atoms. The molecule has 100 valence electrons. The van der Waals surface area contributed by atoms with Crippen LogP contribution in [0.4, 0.5) is 0 Å². The molecule has 3 nitrogen and oxygen atoms in total. The Labute approximate surface area is 109 Å². The van der Waals surface area contributed by atoms with Crippen molar-refractivity contribution in [1.82, 2.24) is 5.32 Å². The van der Waals surface area contributed by atoms with Crippen molar-refractivity contribution in [2.45, 2.75) is 32.7 Å². The van der Waals surface area contributed by atoms with Gasteiger partial charge in [0.1, 0.15) is 0 Å². The summed E-state index contributed by atoms with van der Waals surface area (Å²) in [4.78, 5) is 0. The molecule has 0 radical (unpaired) electrons. The number of nitrogens with one attached hydrogen (secondary N) is 1. The van der Waals surface area contributed by atoms with Crippen LogP contribution in [0.2, 0.25) is 0 Å². The summed E-state index contributed by atoms with van der Waals surface area (Å²) in [7, 11) is 1.58. The monoisotopic (exact) mass is 249 g/mol. The molecule has 0 aliphatic heterocycles. The summed E-state index contributed by atoms with van der Waals surface area (Å²) in [5, 5.41) is 13.0. The number of benzene rings is 1. The second kappa shape index (κ2) is 6.10. The van der Waals surface area contributed by atoms with E-state index in [1.807, 2.05) is 12.1 Å². The van der Waals surface area contributed by atoms with Crippen molar-refractivity contribution in [2.24, 2.45) is 11.8 Å². The molecule has 3 heteroatoms. The molecule has 1 aromatic carbocycles. The molecule has 18 heavy (non-hydrogen) atoms. The van der Waals surface area contributed by atoms with E-state index in [0.29, 0.717) is 5.75 Å². The fraction of sp³-hybridized carbons (Fsp3) is 0.600. The van der Waals surface area contributed by atoms with Gasteiger partial charge in [-0.05, 0) is 48.9 Å². The number of methoxy groups -OCH3 is 1. The predicted octanol–water partition coefficient (Wildman–Crippen LogP) is 2.93. The normalized spacial score (nSPS) is 23.2. The van der Waals surface area contributed by atoms with Crippen molar-refractivity contribution in [1.29, 1.82) is 0 Å². The average molecular weight is 249 g/mol. The van der Waals surface area contributed by atoms with Crippen LogP contribution >= 0.6 is 0 Å². The molecule has 2 atom stereocenters. The highest BCUT2D eigenvalue weighted by Gasteiger charge is 2.20. The second-order valence-corrected chi connectivity index (χ2v) is 5.42. The standard InChI is InChI=1S/C15H23NO2/c1-11-3-4-12(7-11)9-16-10-13-5-6-14(17)15(8-13)18-2/h5-6,8,11-12,16-17H,3-4,7,9-10H2,1-2H3. The minimum absolute atomic E-state index is 0.200. The first-order valence-electron chi connectivity index (χ1n) is 6.75. The summed E-state index contributed by atoms with van der Waals surface area (Å²) in [6.07, 6.45) is 4.08. The Balaban J connectivity index is 1.79. The molecule has 0 amide bonds. The van der Waals surface area contributed by atoms with Gasteiger partial charge in [0.05, 0.1) is 7.11 Å². The number of hydrogen-bond donors (Lipinski definition) is 2. The summed E-state index contributed by atoms with van der Waals surface area (Å²) in [5.41, 5.74) is 1.15. The quantitative estimate of drug-likeness (QED) is 0.843. The SMILES string of the molecule is COc1cc(CNCC2CCC(C)C2)ccc1O. The Kier molecular flexibility index (Phi) is 4.48. The smallest absolute Gasteiger partial charge is 0.160 e. The third-order valence-electron chi connectivity index (χ3n) is 3.81.